The minimum atomic E-state index is -3.12. The number of hydrogen-bond donors (Lipinski definition) is 2. The highest BCUT2D eigenvalue weighted by atomic mass is 32.2. The lowest BCUT2D eigenvalue weighted by Crippen LogP contribution is -2.53. The van der Waals surface area contributed by atoms with Crippen LogP contribution in [0, 0.1) is 0 Å². The first-order valence-electron chi connectivity index (χ1n) is 4.54. The van der Waals surface area contributed by atoms with Crippen LogP contribution in [0.3, 0.4) is 0 Å². The molecule has 1 atom stereocenters. The average molecular weight is 220 g/mol. The van der Waals surface area contributed by atoms with E-state index in [2.05, 4.69) is 12.0 Å². The molecule has 0 aliphatic rings. The molecule has 0 aromatic rings. The van der Waals surface area contributed by atoms with Gasteiger partial charge in [0.1, 0.15) is 0 Å². The van der Waals surface area contributed by atoms with Crippen LogP contribution < -0.4 is 11.3 Å². The maximum Gasteiger partial charge on any atom is 0.154 e. The molecule has 0 amide bonds. The summed E-state index contributed by atoms with van der Waals surface area (Å²) in [6, 6.07) is -0.254. The van der Waals surface area contributed by atoms with Crippen LogP contribution in [0.5, 0.6) is 0 Å². The average Bonchev–Trinajstić information content (AvgIpc) is 2.03. The number of allylic oxidation sites excluding steroid dienone is 1. The fourth-order valence-electron chi connectivity index (χ4n) is 1.17. The zero-order chi connectivity index (χ0) is 11.4. The van der Waals surface area contributed by atoms with Crippen molar-refractivity contribution in [3.05, 3.63) is 12.7 Å². The number of nitrogens with one attached hydrogen (secondary N) is 1. The summed E-state index contributed by atoms with van der Waals surface area (Å²) in [7, 11) is -3.12. The third-order valence-corrected chi connectivity index (χ3v) is 4.85. The molecule has 0 saturated heterocycles. The Morgan fingerprint density at radius 3 is 2.36 bits per heavy atom. The molecule has 3 N–H and O–H groups in total. The third-order valence-electron chi connectivity index (χ3n) is 2.66. The zero-order valence-corrected chi connectivity index (χ0v) is 9.89. The predicted molar refractivity (Wildman–Crippen MR) is 59.5 cm³/mol. The van der Waals surface area contributed by atoms with Gasteiger partial charge in [0.25, 0.3) is 0 Å². The summed E-state index contributed by atoms with van der Waals surface area (Å²) in [5.41, 5.74) is 2.56. The second kappa shape index (κ2) is 4.91. The molecule has 5 heteroatoms. The molecule has 0 aromatic carbocycles. The molecule has 0 aromatic heterocycles. The smallest absolute Gasteiger partial charge is 0.154 e. The van der Waals surface area contributed by atoms with Crippen LogP contribution in [-0.2, 0) is 9.84 Å². The van der Waals surface area contributed by atoms with Crippen molar-refractivity contribution in [1.29, 1.82) is 0 Å². The minimum absolute atomic E-state index is 0.254. The molecule has 1 unspecified atom stereocenters. The normalized spacial score (nSPS) is 15.1. The fourth-order valence-corrected chi connectivity index (χ4v) is 1.88. The van der Waals surface area contributed by atoms with Gasteiger partial charge in [-0.15, -0.1) is 6.58 Å². The van der Waals surface area contributed by atoms with E-state index in [4.69, 9.17) is 5.84 Å². The van der Waals surface area contributed by atoms with Gasteiger partial charge >= 0.3 is 0 Å². The minimum Gasteiger partial charge on any atom is -0.271 e. The van der Waals surface area contributed by atoms with E-state index in [0.29, 0.717) is 6.42 Å². The first-order chi connectivity index (χ1) is 6.27. The van der Waals surface area contributed by atoms with E-state index in [1.54, 1.807) is 19.9 Å². The highest BCUT2D eigenvalue weighted by molar-refractivity contribution is 7.92. The summed E-state index contributed by atoms with van der Waals surface area (Å²) in [5, 5.41) is 0. The molecule has 0 aliphatic heterocycles. The Labute approximate surface area is 86.5 Å². The van der Waals surface area contributed by atoms with Crippen molar-refractivity contribution in [3.8, 4) is 0 Å². The Bertz CT molecular complexity index is 283. The summed E-state index contributed by atoms with van der Waals surface area (Å²) < 4.78 is 22.1. The molecule has 0 rings (SSSR count). The maximum absolute atomic E-state index is 11.5. The monoisotopic (exact) mass is 220 g/mol. The van der Waals surface area contributed by atoms with Crippen LogP contribution in [0.1, 0.15) is 26.7 Å². The molecule has 14 heavy (non-hydrogen) atoms. The molecule has 0 spiro atoms. The topological polar surface area (TPSA) is 72.2 Å². The second-order valence-electron chi connectivity index (χ2n) is 3.96. The van der Waals surface area contributed by atoms with Gasteiger partial charge in [-0.1, -0.05) is 6.08 Å². The van der Waals surface area contributed by atoms with Crippen LogP contribution in [0.4, 0.5) is 0 Å². The Hall–Kier alpha value is -0.390. The summed E-state index contributed by atoms with van der Waals surface area (Å²) in [4.78, 5) is 0. The Morgan fingerprint density at radius 2 is 2.07 bits per heavy atom. The zero-order valence-electron chi connectivity index (χ0n) is 9.08. The first kappa shape index (κ1) is 13.6. The maximum atomic E-state index is 11.5. The van der Waals surface area contributed by atoms with Crippen LogP contribution in [0.25, 0.3) is 0 Å². The van der Waals surface area contributed by atoms with Gasteiger partial charge in [0.15, 0.2) is 9.84 Å². The Morgan fingerprint density at radius 1 is 1.57 bits per heavy atom. The van der Waals surface area contributed by atoms with Crippen LogP contribution in [-0.4, -0.2) is 25.5 Å². The summed E-state index contributed by atoms with van der Waals surface area (Å²) in [6.07, 6.45) is 4.39. The number of hydrogen-bond acceptors (Lipinski definition) is 4. The molecule has 0 bridgehead atoms. The highest BCUT2D eigenvalue weighted by Crippen LogP contribution is 2.22. The number of rotatable bonds is 6. The van der Waals surface area contributed by atoms with Crippen molar-refractivity contribution in [2.45, 2.75) is 37.5 Å². The molecule has 0 fully saturated rings. The molecule has 0 heterocycles. The lowest BCUT2D eigenvalue weighted by molar-refractivity contribution is 0.396. The van der Waals surface area contributed by atoms with Crippen molar-refractivity contribution in [1.82, 2.24) is 5.43 Å². The molecule has 4 nitrogen and oxygen atoms in total. The van der Waals surface area contributed by atoms with Crippen molar-refractivity contribution in [3.63, 3.8) is 0 Å². The van der Waals surface area contributed by atoms with E-state index in [9.17, 15) is 8.42 Å². The lowest BCUT2D eigenvalue weighted by atomic mass is 9.99. The SMILES string of the molecule is C=CCCC(NN)C(C)(C)S(C)(=O)=O. The van der Waals surface area contributed by atoms with Gasteiger partial charge in [-0.25, -0.2) is 8.42 Å². The van der Waals surface area contributed by atoms with Gasteiger partial charge < -0.3 is 0 Å². The van der Waals surface area contributed by atoms with Crippen LogP contribution in [0.15, 0.2) is 12.7 Å². The lowest BCUT2D eigenvalue weighted by Gasteiger charge is -2.31. The van der Waals surface area contributed by atoms with Gasteiger partial charge in [-0.2, -0.15) is 0 Å². The van der Waals surface area contributed by atoms with E-state index in [1.807, 2.05) is 0 Å². The van der Waals surface area contributed by atoms with Crippen LogP contribution in [0.2, 0.25) is 0 Å². The van der Waals surface area contributed by atoms with Gasteiger partial charge in [0.05, 0.1) is 4.75 Å². The Kier molecular flexibility index (Phi) is 4.77. The van der Waals surface area contributed by atoms with E-state index in [1.165, 1.54) is 6.26 Å². The molecular weight excluding hydrogens is 200 g/mol. The van der Waals surface area contributed by atoms with E-state index in [-0.39, 0.29) is 6.04 Å². The van der Waals surface area contributed by atoms with Crippen molar-refractivity contribution >= 4 is 9.84 Å². The van der Waals surface area contributed by atoms with Crippen molar-refractivity contribution in [2.24, 2.45) is 5.84 Å². The summed E-state index contributed by atoms with van der Waals surface area (Å²) in [5.74, 6) is 5.35. The molecule has 0 saturated carbocycles. The van der Waals surface area contributed by atoms with Crippen molar-refractivity contribution in [2.75, 3.05) is 6.26 Å². The Balaban J connectivity index is 4.74. The van der Waals surface area contributed by atoms with E-state index < -0.39 is 14.6 Å². The first-order valence-corrected chi connectivity index (χ1v) is 6.43. The summed E-state index contributed by atoms with van der Waals surface area (Å²) >= 11 is 0. The number of sulfone groups is 1. The fraction of sp³-hybridized carbons (Fsp3) is 0.778. The quantitative estimate of drug-likeness (QED) is 0.391. The predicted octanol–water partition coefficient (Wildman–Crippen LogP) is 0.608. The molecule has 0 aliphatic carbocycles. The second-order valence-corrected chi connectivity index (χ2v) is 6.56. The third kappa shape index (κ3) is 3.08. The number of nitrogens with two attached hydrogens (primary N) is 1. The number of hydrazine groups is 1. The van der Waals surface area contributed by atoms with Gasteiger partial charge in [-0.05, 0) is 26.7 Å². The highest BCUT2D eigenvalue weighted by Gasteiger charge is 2.37. The van der Waals surface area contributed by atoms with E-state index >= 15 is 0 Å². The summed E-state index contributed by atoms with van der Waals surface area (Å²) in [6.45, 7) is 6.95. The van der Waals surface area contributed by atoms with Crippen molar-refractivity contribution < 1.29 is 8.42 Å². The molecular formula is C9H20N2O2S. The van der Waals surface area contributed by atoms with Gasteiger partial charge in [-0.3, -0.25) is 11.3 Å². The molecule has 0 radical (unpaired) electrons. The molecule has 84 valence electrons. The van der Waals surface area contributed by atoms with Crippen LogP contribution >= 0.6 is 0 Å². The standard InChI is InChI=1S/C9H20N2O2S/c1-5-6-7-8(11-10)9(2,3)14(4,12)13/h5,8,11H,1,6-7,10H2,2-4H3. The largest absolute Gasteiger partial charge is 0.271 e. The van der Waals surface area contributed by atoms with Gasteiger partial charge in [0, 0.05) is 12.3 Å². The van der Waals surface area contributed by atoms with Gasteiger partial charge in [0.2, 0.25) is 0 Å². The van der Waals surface area contributed by atoms with E-state index in [0.717, 1.165) is 6.42 Å².